The summed E-state index contributed by atoms with van der Waals surface area (Å²) in [5.74, 6) is 0. The maximum atomic E-state index is 6.25. The Morgan fingerprint density at radius 1 is 0.667 bits per heavy atom. The molecule has 0 amide bonds. The molecular formula is C31H29NO. The second-order valence-corrected chi connectivity index (χ2v) is 10.6. The maximum Gasteiger partial charge on any atom is 0.137 e. The van der Waals surface area contributed by atoms with Crippen LogP contribution in [0.2, 0.25) is 0 Å². The lowest BCUT2D eigenvalue weighted by Gasteiger charge is -2.41. The van der Waals surface area contributed by atoms with Gasteiger partial charge >= 0.3 is 0 Å². The van der Waals surface area contributed by atoms with Crippen molar-refractivity contribution in [2.75, 3.05) is 4.90 Å². The summed E-state index contributed by atoms with van der Waals surface area (Å²) in [5.41, 5.74) is 9.55. The molecule has 0 atom stereocenters. The average molecular weight is 432 g/mol. The Hall–Kier alpha value is -3.52. The van der Waals surface area contributed by atoms with Gasteiger partial charge in [-0.05, 0) is 67.3 Å². The SMILES string of the molecule is CC1(C)c2ccccc2-c2cccc(N(c3cccc4oc5ccccc5c34)C(C)(C)C)c21. The lowest BCUT2D eigenvalue weighted by molar-refractivity contribution is 0.554. The second-order valence-electron chi connectivity index (χ2n) is 10.6. The number of benzene rings is 4. The van der Waals surface area contributed by atoms with Gasteiger partial charge in [0.1, 0.15) is 11.2 Å². The molecule has 33 heavy (non-hydrogen) atoms. The Morgan fingerprint density at radius 2 is 1.30 bits per heavy atom. The second kappa shape index (κ2) is 6.74. The molecule has 0 unspecified atom stereocenters. The van der Waals surface area contributed by atoms with Crippen LogP contribution in [0.5, 0.6) is 0 Å². The van der Waals surface area contributed by atoms with Gasteiger partial charge in [0.15, 0.2) is 0 Å². The highest BCUT2D eigenvalue weighted by Gasteiger charge is 2.40. The topological polar surface area (TPSA) is 16.4 Å². The molecule has 2 heteroatoms. The van der Waals surface area contributed by atoms with Gasteiger partial charge in [-0.3, -0.25) is 0 Å². The summed E-state index contributed by atoms with van der Waals surface area (Å²) in [7, 11) is 0. The van der Waals surface area contributed by atoms with Crippen LogP contribution in [0, 0.1) is 0 Å². The number of para-hydroxylation sites is 1. The van der Waals surface area contributed by atoms with Crippen LogP contribution in [0.25, 0.3) is 33.1 Å². The Bertz CT molecular complexity index is 1530. The van der Waals surface area contributed by atoms with E-state index in [9.17, 15) is 0 Å². The minimum absolute atomic E-state index is 0.0849. The summed E-state index contributed by atoms with van der Waals surface area (Å²) in [4.78, 5) is 2.52. The Labute approximate surface area is 195 Å². The molecule has 0 aliphatic heterocycles. The van der Waals surface area contributed by atoms with Gasteiger partial charge in [0, 0.05) is 22.0 Å². The van der Waals surface area contributed by atoms with Crippen LogP contribution in [0.15, 0.2) is 89.3 Å². The molecule has 1 aliphatic carbocycles. The van der Waals surface area contributed by atoms with Gasteiger partial charge in [-0.1, -0.05) is 74.5 Å². The van der Waals surface area contributed by atoms with Crippen LogP contribution >= 0.6 is 0 Å². The zero-order valence-electron chi connectivity index (χ0n) is 19.9. The van der Waals surface area contributed by atoms with E-state index in [0.717, 1.165) is 16.6 Å². The monoisotopic (exact) mass is 431 g/mol. The van der Waals surface area contributed by atoms with E-state index in [2.05, 4.69) is 118 Å². The Kier molecular flexibility index (Phi) is 4.11. The zero-order valence-corrected chi connectivity index (χ0v) is 19.9. The molecule has 1 aliphatic rings. The first kappa shape index (κ1) is 20.1. The number of anilines is 2. The van der Waals surface area contributed by atoms with Crippen molar-refractivity contribution in [2.24, 2.45) is 0 Å². The van der Waals surface area contributed by atoms with Crippen LogP contribution < -0.4 is 4.90 Å². The predicted octanol–water partition coefficient (Wildman–Crippen LogP) is 8.83. The highest BCUT2D eigenvalue weighted by molar-refractivity contribution is 6.12. The fraction of sp³-hybridized carbons (Fsp3) is 0.226. The van der Waals surface area contributed by atoms with Crippen molar-refractivity contribution >= 4 is 33.3 Å². The van der Waals surface area contributed by atoms with Crippen LogP contribution in [-0.2, 0) is 5.41 Å². The molecule has 0 radical (unpaired) electrons. The van der Waals surface area contributed by atoms with Gasteiger partial charge in [-0.2, -0.15) is 0 Å². The molecule has 1 heterocycles. The van der Waals surface area contributed by atoms with E-state index in [1.54, 1.807) is 0 Å². The van der Waals surface area contributed by atoms with Crippen LogP contribution in [0.4, 0.5) is 11.4 Å². The van der Waals surface area contributed by atoms with E-state index < -0.39 is 0 Å². The summed E-state index contributed by atoms with van der Waals surface area (Å²) in [6.45, 7) is 11.6. The predicted molar refractivity (Wildman–Crippen MR) is 140 cm³/mol. The fourth-order valence-electron chi connectivity index (χ4n) is 5.80. The number of nitrogens with zero attached hydrogens (tertiary/aromatic N) is 1. The molecule has 0 bridgehead atoms. The van der Waals surface area contributed by atoms with Crippen molar-refractivity contribution in [3.8, 4) is 11.1 Å². The summed E-state index contributed by atoms with van der Waals surface area (Å²) >= 11 is 0. The van der Waals surface area contributed by atoms with E-state index in [-0.39, 0.29) is 11.0 Å². The number of furan rings is 1. The minimum Gasteiger partial charge on any atom is -0.456 e. The van der Waals surface area contributed by atoms with Gasteiger partial charge in [-0.15, -0.1) is 0 Å². The third-order valence-corrected chi connectivity index (χ3v) is 7.09. The Balaban J connectivity index is 1.69. The van der Waals surface area contributed by atoms with Crippen LogP contribution in [-0.4, -0.2) is 5.54 Å². The highest BCUT2D eigenvalue weighted by Crippen LogP contribution is 2.54. The number of fused-ring (bicyclic) bond motifs is 6. The number of hydrogen-bond acceptors (Lipinski definition) is 2. The lowest BCUT2D eigenvalue weighted by Crippen LogP contribution is -2.39. The van der Waals surface area contributed by atoms with E-state index in [1.165, 1.54) is 39.0 Å². The van der Waals surface area contributed by atoms with Crippen LogP contribution in [0.1, 0.15) is 45.7 Å². The molecule has 0 saturated heterocycles. The van der Waals surface area contributed by atoms with Gasteiger partial charge in [-0.25, -0.2) is 0 Å². The summed E-state index contributed by atoms with van der Waals surface area (Å²) in [6, 6.07) is 30.4. The Morgan fingerprint density at radius 3 is 2.12 bits per heavy atom. The van der Waals surface area contributed by atoms with Crippen molar-refractivity contribution in [2.45, 2.75) is 45.6 Å². The molecule has 4 aromatic carbocycles. The largest absolute Gasteiger partial charge is 0.456 e. The molecule has 2 nitrogen and oxygen atoms in total. The molecule has 0 fully saturated rings. The smallest absolute Gasteiger partial charge is 0.137 e. The van der Waals surface area contributed by atoms with Gasteiger partial charge in [0.2, 0.25) is 0 Å². The first-order chi connectivity index (χ1) is 15.8. The lowest BCUT2D eigenvalue weighted by atomic mass is 9.80. The molecule has 164 valence electrons. The molecule has 1 aromatic heterocycles. The number of hydrogen-bond donors (Lipinski definition) is 0. The van der Waals surface area contributed by atoms with Gasteiger partial charge < -0.3 is 9.32 Å². The molecule has 0 saturated carbocycles. The summed E-state index contributed by atoms with van der Waals surface area (Å²) in [6.07, 6.45) is 0. The fourth-order valence-corrected chi connectivity index (χ4v) is 5.80. The first-order valence-electron chi connectivity index (χ1n) is 11.7. The van der Waals surface area contributed by atoms with Gasteiger partial charge in [0.05, 0.1) is 11.1 Å². The number of rotatable bonds is 2. The van der Waals surface area contributed by atoms with Crippen molar-refractivity contribution in [3.63, 3.8) is 0 Å². The first-order valence-corrected chi connectivity index (χ1v) is 11.7. The van der Waals surface area contributed by atoms with E-state index in [0.29, 0.717) is 0 Å². The van der Waals surface area contributed by atoms with E-state index >= 15 is 0 Å². The third-order valence-electron chi connectivity index (χ3n) is 7.09. The zero-order chi connectivity index (χ0) is 23.0. The molecular weight excluding hydrogens is 402 g/mol. The van der Waals surface area contributed by atoms with Gasteiger partial charge in [0.25, 0.3) is 0 Å². The third kappa shape index (κ3) is 2.80. The summed E-state index contributed by atoms with van der Waals surface area (Å²) in [5, 5.41) is 2.33. The van der Waals surface area contributed by atoms with E-state index in [4.69, 9.17) is 4.42 Å². The minimum atomic E-state index is -0.146. The quantitative estimate of drug-likeness (QED) is 0.277. The highest BCUT2D eigenvalue weighted by atomic mass is 16.3. The van der Waals surface area contributed by atoms with Crippen molar-refractivity contribution in [1.29, 1.82) is 0 Å². The van der Waals surface area contributed by atoms with Crippen molar-refractivity contribution in [3.05, 3.63) is 96.1 Å². The van der Waals surface area contributed by atoms with E-state index in [1.807, 2.05) is 6.07 Å². The molecule has 0 spiro atoms. The standard InChI is InChI=1S/C31H29NO/c1-30(2,3)32(24-16-11-19-27-28(24)22-13-7-9-18-26(22)33-27)25-17-10-14-21-20-12-6-8-15-23(20)31(4,5)29(21)25/h6-19H,1-5H3. The normalized spacial score (nSPS) is 14.5. The summed E-state index contributed by atoms with van der Waals surface area (Å²) < 4.78 is 6.25. The van der Waals surface area contributed by atoms with Crippen molar-refractivity contribution < 1.29 is 4.42 Å². The molecule has 5 aromatic rings. The molecule has 0 N–H and O–H groups in total. The maximum absolute atomic E-state index is 6.25. The van der Waals surface area contributed by atoms with Crippen molar-refractivity contribution in [1.82, 2.24) is 0 Å². The van der Waals surface area contributed by atoms with Crippen LogP contribution in [0.3, 0.4) is 0 Å². The average Bonchev–Trinajstić information content (AvgIpc) is 3.27. The molecule has 6 rings (SSSR count).